The maximum atomic E-state index is 6.25. The lowest BCUT2D eigenvalue weighted by Gasteiger charge is -2.03. The summed E-state index contributed by atoms with van der Waals surface area (Å²) in [5.74, 6) is 0.578. The third-order valence-corrected chi connectivity index (χ3v) is 3.93. The Morgan fingerprint density at radius 2 is 1.88 bits per heavy atom. The minimum atomic E-state index is 0.411. The van der Waals surface area contributed by atoms with Crippen molar-refractivity contribution in [1.29, 1.82) is 0 Å². The standard InChI is InChI=1S/C18H15ClN4S/c1-13(11-14-7-3-2-4-8-14)12-20-23-17(21-22-18(23)24)15-9-5-6-10-16(15)19/h2-12H,1H3,(H,22,24)/b13-11+,20-12-. The van der Waals surface area contributed by atoms with Gasteiger partial charge in [0.2, 0.25) is 4.77 Å². The third kappa shape index (κ3) is 3.69. The van der Waals surface area contributed by atoms with Gasteiger partial charge < -0.3 is 0 Å². The second-order valence-electron chi connectivity index (χ2n) is 5.19. The summed E-state index contributed by atoms with van der Waals surface area (Å²) in [4.78, 5) is 0. The normalized spacial score (nSPS) is 12.0. The first-order valence-electron chi connectivity index (χ1n) is 7.35. The van der Waals surface area contributed by atoms with E-state index in [1.165, 1.54) is 0 Å². The minimum Gasteiger partial charge on any atom is -0.250 e. The number of allylic oxidation sites excluding steroid dienone is 1. The first-order chi connectivity index (χ1) is 11.6. The lowest BCUT2D eigenvalue weighted by molar-refractivity contribution is 0.871. The van der Waals surface area contributed by atoms with Gasteiger partial charge in [0, 0.05) is 5.56 Å². The van der Waals surface area contributed by atoms with Gasteiger partial charge in [0.1, 0.15) is 0 Å². The fourth-order valence-electron chi connectivity index (χ4n) is 2.21. The van der Waals surface area contributed by atoms with Gasteiger partial charge in [-0.05, 0) is 42.4 Å². The smallest absolute Gasteiger partial charge is 0.216 e. The van der Waals surface area contributed by atoms with E-state index >= 15 is 0 Å². The number of hydrogen-bond donors (Lipinski definition) is 1. The van der Waals surface area contributed by atoms with E-state index < -0.39 is 0 Å². The lowest BCUT2D eigenvalue weighted by atomic mass is 10.1. The Morgan fingerprint density at radius 3 is 2.62 bits per heavy atom. The van der Waals surface area contributed by atoms with E-state index in [-0.39, 0.29) is 0 Å². The van der Waals surface area contributed by atoms with E-state index in [9.17, 15) is 0 Å². The molecule has 6 heteroatoms. The molecule has 4 nitrogen and oxygen atoms in total. The highest BCUT2D eigenvalue weighted by molar-refractivity contribution is 7.71. The summed E-state index contributed by atoms with van der Waals surface area (Å²) >= 11 is 11.5. The van der Waals surface area contributed by atoms with Gasteiger partial charge in [-0.1, -0.05) is 60.1 Å². The van der Waals surface area contributed by atoms with Crippen molar-refractivity contribution in [2.75, 3.05) is 0 Å². The molecule has 3 aromatic rings. The van der Waals surface area contributed by atoms with Gasteiger partial charge in [-0.15, -0.1) is 0 Å². The van der Waals surface area contributed by atoms with Crippen molar-refractivity contribution in [3.05, 3.63) is 75.5 Å². The van der Waals surface area contributed by atoms with Gasteiger partial charge in [-0.3, -0.25) is 0 Å². The Morgan fingerprint density at radius 1 is 1.17 bits per heavy atom. The number of nitrogens with zero attached hydrogens (tertiary/aromatic N) is 3. The average Bonchev–Trinajstić information content (AvgIpc) is 2.95. The molecule has 0 aliphatic rings. The van der Waals surface area contributed by atoms with Crippen molar-refractivity contribution in [2.45, 2.75) is 6.92 Å². The zero-order chi connectivity index (χ0) is 16.9. The topological polar surface area (TPSA) is 46.0 Å². The molecule has 0 fully saturated rings. The number of halogens is 1. The van der Waals surface area contributed by atoms with Crippen LogP contribution in [0.4, 0.5) is 0 Å². The van der Waals surface area contributed by atoms with Gasteiger partial charge in [-0.2, -0.15) is 14.9 Å². The van der Waals surface area contributed by atoms with Gasteiger partial charge in [0.25, 0.3) is 0 Å². The third-order valence-electron chi connectivity index (χ3n) is 3.34. The number of benzene rings is 2. The van der Waals surface area contributed by atoms with E-state index in [4.69, 9.17) is 23.8 Å². The van der Waals surface area contributed by atoms with Crippen LogP contribution in [0.3, 0.4) is 0 Å². The van der Waals surface area contributed by atoms with Crippen molar-refractivity contribution < 1.29 is 0 Å². The number of aromatic amines is 1. The molecule has 1 aromatic heterocycles. The van der Waals surface area contributed by atoms with Crippen LogP contribution in [0.15, 0.2) is 65.3 Å². The number of rotatable bonds is 4. The van der Waals surface area contributed by atoms with Crippen LogP contribution in [-0.2, 0) is 0 Å². The molecule has 3 rings (SSSR count). The molecule has 0 radical (unpaired) electrons. The van der Waals surface area contributed by atoms with E-state index in [2.05, 4.69) is 15.3 Å². The molecule has 2 aromatic carbocycles. The van der Waals surface area contributed by atoms with Crippen molar-refractivity contribution in [3.8, 4) is 11.4 Å². The summed E-state index contributed by atoms with van der Waals surface area (Å²) < 4.78 is 1.98. The second-order valence-corrected chi connectivity index (χ2v) is 5.98. The van der Waals surface area contributed by atoms with Crippen LogP contribution in [0.1, 0.15) is 12.5 Å². The first-order valence-corrected chi connectivity index (χ1v) is 8.14. The van der Waals surface area contributed by atoms with Crippen molar-refractivity contribution in [1.82, 2.24) is 14.9 Å². The number of nitrogens with one attached hydrogen (secondary N) is 1. The molecule has 24 heavy (non-hydrogen) atoms. The fourth-order valence-corrected chi connectivity index (χ4v) is 2.61. The predicted octanol–water partition coefficient (Wildman–Crippen LogP) is 5.20. The summed E-state index contributed by atoms with van der Waals surface area (Å²) in [5, 5.41) is 12.0. The maximum absolute atomic E-state index is 6.25. The molecule has 0 saturated heterocycles. The van der Waals surface area contributed by atoms with Crippen LogP contribution < -0.4 is 0 Å². The van der Waals surface area contributed by atoms with Gasteiger partial charge >= 0.3 is 0 Å². The molecule has 0 aliphatic carbocycles. The number of aromatic nitrogens is 3. The van der Waals surface area contributed by atoms with Crippen LogP contribution in [0.2, 0.25) is 5.02 Å². The molecule has 0 saturated carbocycles. The number of hydrogen-bond acceptors (Lipinski definition) is 3. The first kappa shape index (κ1) is 16.4. The predicted molar refractivity (Wildman–Crippen MR) is 102 cm³/mol. The van der Waals surface area contributed by atoms with Crippen LogP contribution in [0.25, 0.3) is 17.5 Å². The van der Waals surface area contributed by atoms with E-state index in [1.54, 1.807) is 10.9 Å². The summed E-state index contributed by atoms with van der Waals surface area (Å²) in [6.07, 6.45) is 3.79. The second kappa shape index (κ2) is 7.38. The quantitative estimate of drug-likeness (QED) is 0.517. The molecule has 0 bridgehead atoms. The Kier molecular flexibility index (Phi) is 5.03. The maximum Gasteiger partial charge on any atom is 0.216 e. The monoisotopic (exact) mass is 354 g/mol. The highest BCUT2D eigenvalue weighted by atomic mass is 35.5. The molecule has 0 unspecified atom stereocenters. The summed E-state index contributed by atoms with van der Waals surface area (Å²) in [7, 11) is 0. The summed E-state index contributed by atoms with van der Waals surface area (Å²) in [5.41, 5.74) is 2.88. The molecule has 0 amide bonds. The lowest BCUT2D eigenvalue weighted by Crippen LogP contribution is -1.95. The zero-order valence-corrected chi connectivity index (χ0v) is 14.6. The Bertz CT molecular complexity index is 954. The van der Waals surface area contributed by atoms with Crippen LogP contribution in [0, 0.1) is 4.77 Å². The van der Waals surface area contributed by atoms with Gasteiger partial charge in [0.05, 0.1) is 11.2 Å². The molecule has 0 spiro atoms. The summed E-state index contributed by atoms with van der Waals surface area (Å²) in [6.45, 7) is 1.98. The van der Waals surface area contributed by atoms with E-state index in [0.29, 0.717) is 15.6 Å². The fraction of sp³-hybridized carbons (Fsp3) is 0.0556. The molecule has 1 heterocycles. The largest absolute Gasteiger partial charge is 0.250 e. The van der Waals surface area contributed by atoms with E-state index in [1.807, 2.05) is 67.6 Å². The van der Waals surface area contributed by atoms with Crippen LogP contribution in [0.5, 0.6) is 0 Å². The van der Waals surface area contributed by atoms with Crippen molar-refractivity contribution >= 4 is 36.1 Å². The molecule has 1 N–H and O–H groups in total. The SMILES string of the molecule is CC(/C=N\n1c(-c2ccccc2Cl)n[nH]c1=S)=C\c1ccccc1. The van der Waals surface area contributed by atoms with Crippen LogP contribution in [-0.4, -0.2) is 21.1 Å². The van der Waals surface area contributed by atoms with Crippen LogP contribution >= 0.6 is 23.8 Å². The Labute approximate surface area is 150 Å². The van der Waals surface area contributed by atoms with E-state index in [0.717, 1.165) is 16.7 Å². The molecule has 120 valence electrons. The minimum absolute atomic E-state index is 0.411. The van der Waals surface area contributed by atoms with Crippen molar-refractivity contribution in [3.63, 3.8) is 0 Å². The average molecular weight is 355 g/mol. The Balaban J connectivity index is 1.94. The highest BCUT2D eigenvalue weighted by Crippen LogP contribution is 2.25. The van der Waals surface area contributed by atoms with Gasteiger partial charge in [0.15, 0.2) is 5.82 Å². The molecule has 0 atom stereocenters. The highest BCUT2D eigenvalue weighted by Gasteiger charge is 2.10. The number of H-pyrrole nitrogens is 1. The summed E-state index contributed by atoms with van der Waals surface area (Å²) in [6, 6.07) is 17.5. The molecular weight excluding hydrogens is 340 g/mol. The Hall–Kier alpha value is -2.50. The van der Waals surface area contributed by atoms with Crippen molar-refractivity contribution in [2.24, 2.45) is 5.10 Å². The molecular formula is C18H15ClN4S. The van der Waals surface area contributed by atoms with Gasteiger partial charge in [-0.25, -0.2) is 5.10 Å². The zero-order valence-electron chi connectivity index (χ0n) is 13.0. The molecule has 0 aliphatic heterocycles.